The molecule has 0 unspecified atom stereocenters. The number of halogens is 8. The summed E-state index contributed by atoms with van der Waals surface area (Å²) >= 11 is 7.09. The highest BCUT2D eigenvalue weighted by molar-refractivity contribution is 9.11. The van der Waals surface area contributed by atoms with E-state index in [2.05, 4.69) is 48.7 Å². The highest BCUT2D eigenvalue weighted by atomic mass is 79.9. The number of nitrogens with one attached hydrogen (secondary N) is 1. The van der Waals surface area contributed by atoms with Crippen molar-refractivity contribution in [1.29, 1.82) is 0 Å². The number of benzene rings is 1. The highest BCUT2D eigenvalue weighted by Gasteiger charge is 2.38. The van der Waals surface area contributed by atoms with Crippen LogP contribution in [-0.2, 0) is 12.6 Å². The molecule has 0 bridgehead atoms. The van der Waals surface area contributed by atoms with Gasteiger partial charge in [-0.15, -0.1) is 11.3 Å². The number of aromatic nitrogens is 1. The number of aryl methyl sites for hydroxylation is 1. The molecule has 0 aliphatic carbocycles. The third-order valence-electron chi connectivity index (χ3n) is 3.06. The number of thiazole rings is 1. The first-order valence-electron chi connectivity index (χ1n) is 6.83. The van der Waals surface area contributed by atoms with E-state index < -0.39 is 24.5 Å². The van der Waals surface area contributed by atoms with Crippen molar-refractivity contribution < 1.29 is 26.3 Å². The molecule has 0 saturated carbocycles. The normalized spacial score (nSPS) is 12.3. The van der Waals surface area contributed by atoms with Crippen LogP contribution in [0.2, 0.25) is 0 Å². The number of alkyl halides is 6. The van der Waals surface area contributed by atoms with Crippen LogP contribution in [0.25, 0.3) is 5.70 Å². The van der Waals surface area contributed by atoms with E-state index >= 15 is 0 Å². The summed E-state index contributed by atoms with van der Waals surface area (Å²) in [5, 5.41) is 2.93. The van der Waals surface area contributed by atoms with Gasteiger partial charge in [0, 0.05) is 8.95 Å². The lowest BCUT2D eigenvalue weighted by Crippen LogP contribution is -2.12. The Morgan fingerprint density at radius 2 is 1.69 bits per heavy atom. The molecule has 0 amide bonds. The van der Waals surface area contributed by atoms with Crippen molar-refractivity contribution in [2.24, 2.45) is 0 Å². The van der Waals surface area contributed by atoms with Crippen LogP contribution in [0.3, 0.4) is 0 Å². The molecule has 1 heterocycles. The van der Waals surface area contributed by atoms with Gasteiger partial charge in [0.15, 0.2) is 5.69 Å². The van der Waals surface area contributed by atoms with E-state index in [1.54, 1.807) is 0 Å². The Morgan fingerprint density at radius 1 is 1.15 bits per heavy atom. The van der Waals surface area contributed by atoms with Crippen LogP contribution in [0.5, 0.6) is 0 Å². The van der Waals surface area contributed by atoms with Gasteiger partial charge in [0.1, 0.15) is 0 Å². The lowest BCUT2D eigenvalue weighted by atomic mass is 10.1. The molecular weight excluding hydrogens is 514 g/mol. The number of rotatable bonds is 4. The Hall–Kier alpha value is -1.07. The van der Waals surface area contributed by atoms with E-state index in [0.717, 1.165) is 11.3 Å². The summed E-state index contributed by atoms with van der Waals surface area (Å²) < 4.78 is 77.3. The average Bonchev–Trinajstić information content (AvgIpc) is 2.83. The molecule has 0 aliphatic rings. The van der Waals surface area contributed by atoms with Crippen LogP contribution in [0.4, 0.5) is 32.0 Å². The molecule has 1 N–H and O–H groups in total. The van der Waals surface area contributed by atoms with E-state index in [0.29, 0.717) is 0 Å². The van der Waals surface area contributed by atoms with Crippen molar-refractivity contribution in [2.75, 3.05) is 5.32 Å². The van der Waals surface area contributed by atoms with Gasteiger partial charge < -0.3 is 5.32 Å². The van der Waals surface area contributed by atoms with E-state index in [9.17, 15) is 26.3 Å². The second-order valence-corrected chi connectivity index (χ2v) is 8.15. The van der Waals surface area contributed by atoms with Gasteiger partial charge in [-0.05, 0) is 56.5 Å². The second-order valence-electron chi connectivity index (χ2n) is 5.24. The Kier molecular flexibility index (Phi) is 6.13. The molecule has 1 aromatic carbocycles. The van der Waals surface area contributed by atoms with Gasteiger partial charge >= 0.3 is 12.4 Å². The maximum Gasteiger partial charge on any atom is 0.434 e. The zero-order chi connectivity index (χ0) is 19.9. The zero-order valence-corrected chi connectivity index (χ0v) is 16.9. The van der Waals surface area contributed by atoms with Crippen molar-refractivity contribution in [3.8, 4) is 0 Å². The van der Waals surface area contributed by atoms with E-state index in [1.165, 1.54) is 19.1 Å². The molecule has 0 spiro atoms. The minimum Gasteiger partial charge on any atom is -0.353 e. The Bertz CT molecular complexity index is 819. The largest absolute Gasteiger partial charge is 0.434 e. The highest BCUT2D eigenvalue weighted by Crippen LogP contribution is 2.40. The molecule has 2 nitrogen and oxygen atoms in total. The van der Waals surface area contributed by atoms with Crippen LogP contribution in [0, 0.1) is 6.92 Å². The predicted octanol–water partition coefficient (Wildman–Crippen LogP) is 7.18. The van der Waals surface area contributed by atoms with Crippen LogP contribution in [-0.4, -0.2) is 11.2 Å². The summed E-state index contributed by atoms with van der Waals surface area (Å²) in [7, 11) is 0. The lowest BCUT2D eigenvalue weighted by Gasteiger charge is -2.16. The van der Waals surface area contributed by atoms with Gasteiger partial charge in [0.05, 0.1) is 27.7 Å². The minimum atomic E-state index is -4.64. The summed E-state index contributed by atoms with van der Waals surface area (Å²) in [5.74, 6) is 0. The summed E-state index contributed by atoms with van der Waals surface area (Å²) in [6.07, 6.45) is -10.1. The third-order valence-corrected chi connectivity index (χ3v) is 5.34. The molecule has 0 fully saturated rings. The monoisotopic (exact) mass is 522 g/mol. The zero-order valence-electron chi connectivity index (χ0n) is 12.9. The van der Waals surface area contributed by atoms with Crippen LogP contribution in [0.1, 0.15) is 21.1 Å². The number of hydrogen-bond donors (Lipinski definition) is 1. The van der Waals surface area contributed by atoms with Crippen molar-refractivity contribution in [3.05, 3.63) is 48.8 Å². The van der Waals surface area contributed by atoms with Gasteiger partial charge in [0.25, 0.3) is 0 Å². The third kappa shape index (κ3) is 5.23. The maximum atomic E-state index is 13.1. The molecule has 2 rings (SSSR count). The van der Waals surface area contributed by atoms with Gasteiger partial charge in [0.2, 0.25) is 0 Å². The van der Waals surface area contributed by atoms with Crippen molar-refractivity contribution in [1.82, 2.24) is 4.98 Å². The maximum absolute atomic E-state index is 13.1. The molecule has 0 radical (unpaired) electrons. The molecule has 0 atom stereocenters. The Balaban J connectivity index is 2.33. The van der Waals surface area contributed by atoms with Gasteiger partial charge in [-0.2, -0.15) is 26.3 Å². The molecular formula is C15H10Br2F6N2S. The Labute approximate surface area is 165 Å². The minimum absolute atomic E-state index is 0.00275. The topological polar surface area (TPSA) is 24.9 Å². The number of anilines is 1. The standard InChI is InChI=1S/C15H10Br2F6N2S/c1-6(12-13(15(21,22)23)25-7(2)26-12)24-11-9(16)3-8(4-10(11)17)5-14(18,19)20/h3-4,24H,1,5H2,2H3. The molecule has 0 saturated heterocycles. The summed E-state index contributed by atoms with van der Waals surface area (Å²) in [5.41, 5.74) is -0.858. The first-order valence-corrected chi connectivity index (χ1v) is 9.24. The van der Waals surface area contributed by atoms with E-state index in [1.807, 2.05) is 0 Å². The fourth-order valence-electron chi connectivity index (χ4n) is 2.11. The summed E-state index contributed by atoms with van der Waals surface area (Å²) in [4.78, 5) is 3.30. The molecule has 2 aromatic rings. The van der Waals surface area contributed by atoms with Crippen molar-refractivity contribution in [3.63, 3.8) is 0 Å². The van der Waals surface area contributed by atoms with E-state index in [-0.39, 0.29) is 35.8 Å². The van der Waals surface area contributed by atoms with Crippen molar-refractivity contribution >= 4 is 54.6 Å². The summed E-state index contributed by atoms with van der Waals surface area (Å²) in [6, 6.07) is 2.49. The Morgan fingerprint density at radius 3 is 2.15 bits per heavy atom. The van der Waals surface area contributed by atoms with E-state index in [4.69, 9.17) is 0 Å². The van der Waals surface area contributed by atoms with Crippen LogP contribution in [0.15, 0.2) is 27.7 Å². The fraction of sp³-hybridized carbons (Fsp3) is 0.267. The smallest absolute Gasteiger partial charge is 0.353 e. The SMILES string of the molecule is C=C(Nc1c(Br)cc(CC(F)(F)F)cc1Br)c1sc(C)nc1C(F)(F)F. The molecule has 0 aliphatic heterocycles. The van der Waals surface area contributed by atoms with Crippen molar-refractivity contribution in [2.45, 2.75) is 25.7 Å². The summed E-state index contributed by atoms with van der Waals surface area (Å²) in [6.45, 7) is 5.05. The van der Waals surface area contributed by atoms with Crippen LogP contribution >= 0.6 is 43.2 Å². The molecule has 26 heavy (non-hydrogen) atoms. The first-order chi connectivity index (χ1) is 11.8. The quantitative estimate of drug-likeness (QED) is 0.429. The van der Waals surface area contributed by atoms with Gasteiger partial charge in [-0.3, -0.25) is 0 Å². The molecule has 11 heteroatoms. The second kappa shape index (κ2) is 7.51. The molecule has 1 aromatic heterocycles. The van der Waals surface area contributed by atoms with Crippen LogP contribution < -0.4 is 5.32 Å². The fourth-order valence-corrected chi connectivity index (χ4v) is 4.45. The van der Waals surface area contributed by atoms with Gasteiger partial charge in [-0.25, -0.2) is 4.98 Å². The lowest BCUT2D eigenvalue weighted by molar-refractivity contribution is -0.141. The molecule has 142 valence electrons. The first kappa shape index (κ1) is 21.2. The number of hydrogen-bond acceptors (Lipinski definition) is 3. The van der Waals surface area contributed by atoms with Gasteiger partial charge in [-0.1, -0.05) is 6.58 Å². The predicted molar refractivity (Wildman–Crippen MR) is 96.1 cm³/mol. The number of nitrogens with zero attached hydrogens (tertiary/aromatic N) is 1. The average molecular weight is 524 g/mol.